The molecule has 3 aromatic rings. The van der Waals surface area contributed by atoms with E-state index in [4.69, 9.17) is 4.74 Å². The highest BCUT2D eigenvalue weighted by molar-refractivity contribution is 6.13. The van der Waals surface area contributed by atoms with E-state index in [-0.39, 0.29) is 29.2 Å². The number of amides is 4. The van der Waals surface area contributed by atoms with Gasteiger partial charge in [0.1, 0.15) is 17.4 Å². The van der Waals surface area contributed by atoms with Crippen molar-refractivity contribution in [1.29, 1.82) is 0 Å². The molecule has 176 valence electrons. The second-order valence-electron chi connectivity index (χ2n) is 8.06. The summed E-state index contributed by atoms with van der Waals surface area (Å²) in [5.41, 5.74) is -0.844. The Kier molecular flexibility index (Phi) is 5.28. The fourth-order valence-corrected chi connectivity index (χ4v) is 4.17. The Morgan fingerprint density at radius 3 is 2.11 bits per heavy atom. The minimum absolute atomic E-state index is 0.141. The Labute approximate surface area is 197 Å². The number of anilines is 1. The van der Waals surface area contributed by atoms with Crippen LogP contribution in [0.15, 0.2) is 66.7 Å². The molecule has 0 unspecified atom stereocenters. The molecule has 2 N–H and O–H groups in total. The molecule has 2 aliphatic rings. The van der Waals surface area contributed by atoms with Gasteiger partial charge in [0, 0.05) is 5.56 Å². The van der Waals surface area contributed by atoms with E-state index in [1.807, 2.05) is 0 Å². The number of ether oxygens (including phenoxy) is 1. The zero-order chi connectivity index (χ0) is 24.7. The Bertz CT molecular complexity index is 1330. The van der Waals surface area contributed by atoms with Crippen LogP contribution in [0.4, 0.5) is 19.3 Å². The normalized spacial score (nSPS) is 16.3. The number of ketones is 1. The largest absolute Gasteiger partial charge is 0.482 e. The molecule has 0 aromatic heterocycles. The lowest BCUT2D eigenvalue weighted by molar-refractivity contribution is -0.130. The summed E-state index contributed by atoms with van der Waals surface area (Å²) < 4.78 is 32.5. The van der Waals surface area contributed by atoms with Crippen LogP contribution in [0.1, 0.15) is 21.5 Å². The van der Waals surface area contributed by atoms with Crippen molar-refractivity contribution in [2.24, 2.45) is 0 Å². The molecule has 8 nitrogen and oxygen atoms in total. The number of fused-ring (bicyclic) bond motifs is 1. The van der Waals surface area contributed by atoms with Gasteiger partial charge in [-0.1, -0.05) is 24.3 Å². The summed E-state index contributed by atoms with van der Waals surface area (Å²) in [6, 6.07) is 13.4. The first-order chi connectivity index (χ1) is 16.8. The number of hydrogen-bond acceptors (Lipinski definition) is 5. The number of imide groups is 1. The van der Waals surface area contributed by atoms with E-state index in [9.17, 15) is 28.0 Å². The molecular weight excluding hydrogens is 460 g/mol. The van der Waals surface area contributed by atoms with Crippen LogP contribution in [0.5, 0.6) is 5.75 Å². The molecule has 0 radical (unpaired) electrons. The first kappa shape index (κ1) is 22.2. The minimum atomic E-state index is -1.78. The maximum Gasteiger partial charge on any atom is 0.325 e. The first-order valence-corrected chi connectivity index (χ1v) is 10.5. The van der Waals surface area contributed by atoms with Crippen LogP contribution in [0, 0.1) is 11.6 Å². The van der Waals surface area contributed by atoms with E-state index < -0.39 is 41.4 Å². The van der Waals surface area contributed by atoms with E-state index in [1.54, 1.807) is 0 Å². The van der Waals surface area contributed by atoms with Gasteiger partial charge in [0.2, 0.25) is 0 Å². The number of benzene rings is 3. The van der Waals surface area contributed by atoms with Crippen LogP contribution >= 0.6 is 0 Å². The van der Waals surface area contributed by atoms with Gasteiger partial charge in [0.05, 0.1) is 12.2 Å². The third kappa shape index (κ3) is 3.78. The van der Waals surface area contributed by atoms with E-state index in [0.29, 0.717) is 11.4 Å². The maximum absolute atomic E-state index is 13.7. The molecule has 0 spiro atoms. The van der Waals surface area contributed by atoms with E-state index in [1.165, 1.54) is 42.5 Å². The van der Waals surface area contributed by atoms with Crippen molar-refractivity contribution in [2.45, 2.75) is 5.54 Å². The number of urea groups is 1. The highest BCUT2D eigenvalue weighted by Crippen LogP contribution is 2.36. The lowest BCUT2D eigenvalue weighted by Crippen LogP contribution is -2.45. The van der Waals surface area contributed by atoms with Gasteiger partial charge < -0.3 is 15.4 Å². The van der Waals surface area contributed by atoms with Crippen LogP contribution < -0.4 is 15.4 Å². The number of rotatable bonds is 5. The summed E-state index contributed by atoms with van der Waals surface area (Å²) in [5, 5.41) is 5.21. The van der Waals surface area contributed by atoms with Crippen LogP contribution in [0.3, 0.4) is 0 Å². The molecular formula is C25H17F2N3O5. The van der Waals surface area contributed by atoms with Crippen molar-refractivity contribution >= 4 is 29.3 Å². The van der Waals surface area contributed by atoms with Crippen LogP contribution in [-0.4, -0.2) is 41.7 Å². The van der Waals surface area contributed by atoms with Crippen LogP contribution in [0.2, 0.25) is 0 Å². The first-order valence-electron chi connectivity index (χ1n) is 10.5. The summed E-state index contributed by atoms with van der Waals surface area (Å²) in [5.74, 6) is -2.42. The molecule has 5 rings (SSSR count). The predicted octanol–water partition coefficient (Wildman–Crippen LogP) is 2.97. The van der Waals surface area contributed by atoms with Gasteiger partial charge in [0.15, 0.2) is 17.9 Å². The van der Waals surface area contributed by atoms with Crippen LogP contribution in [0.25, 0.3) is 0 Å². The number of nitrogens with zero attached hydrogens (tertiary/aromatic N) is 1. The molecule has 35 heavy (non-hydrogen) atoms. The Hall–Kier alpha value is -4.60. The molecule has 0 bridgehead atoms. The molecule has 0 atom stereocenters. The Morgan fingerprint density at radius 2 is 1.51 bits per heavy atom. The second-order valence-corrected chi connectivity index (χ2v) is 8.06. The lowest BCUT2D eigenvalue weighted by atomic mass is 9.82. The molecule has 10 heteroatoms. The van der Waals surface area contributed by atoms with Crippen molar-refractivity contribution in [3.05, 3.63) is 95.1 Å². The van der Waals surface area contributed by atoms with E-state index >= 15 is 0 Å². The minimum Gasteiger partial charge on any atom is -0.482 e. The van der Waals surface area contributed by atoms with Gasteiger partial charge in [-0.25, -0.2) is 13.6 Å². The molecule has 1 fully saturated rings. The van der Waals surface area contributed by atoms with Gasteiger partial charge in [0.25, 0.3) is 11.8 Å². The molecule has 1 saturated heterocycles. The van der Waals surface area contributed by atoms with Crippen LogP contribution in [-0.2, 0) is 15.1 Å². The number of Topliss-reactive ketones (excluding diaryl/α,β-unsaturated/α-hetero) is 1. The zero-order valence-electron chi connectivity index (χ0n) is 18.0. The molecule has 4 amide bonds. The quantitative estimate of drug-likeness (QED) is 0.434. The van der Waals surface area contributed by atoms with Gasteiger partial charge in [-0.3, -0.25) is 19.3 Å². The maximum atomic E-state index is 13.7. The van der Waals surface area contributed by atoms with Crippen molar-refractivity contribution in [1.82, 2.24) is 10.2 Å². The van der Waals surface area contributed by atoms with Gasteiger partial charge in [-0.15, -0.1) is 0 Å². The second kappa shape index (κ2) is 8.32. The average molecular weight is 477 g/mol. The fraction of sp³-hybridized carbons (Fsp3) is 0.120. The molecule has 0 aliphatic carbocycles. The summed E-state index contributed by atoms with van der Waals surface area (Å²) in [6.45, 7) is -0.736. The van der Waals surface area contributed by atoms with Gasteiger partial charge >= 0.3 is 6.03 Å². The van der Waals surface area contributed by atoms with Crippen molar-refractivity contribution in [3.63, 3.8) is 0 Å². The summed E-state index contributed by atoms with van der Waals surface area (Å²) >= 11 is 0. The van der Waals surface area contributed by atoms with E-state index in [2.05, 4.69) is 10.6 Å². The Morgan fingerprint density at radius 1 is 0.914 bits per heavy atom. The molecule has 2 heterocycles. The van der Waals surface area contributed by atoms with Crippen molar-refractivity contribution in [3.8, 4) is 5.75 Å². The summed E-state index contributed by atoms with van der Waals surface area (Å²) in [7, 11) is 0. The molecule has 3 aromatic carbocycles. The SMILES string of the molecule is O=C1COc2ccc(C(=O)CN3C(=O)NC(c4ccc(F)cc4)(c4ccc(F)cc4)C3=O)cc2N1. The smallest absolute Gasteiger partial charge is 0.325 e. The lowest BCUT2D eigenvalue weighted by Gasteiger charge is -2.28. The average Bonchev–Trinajstić information content (AvgIpc) is 3.10. The monoisotopic (exact) mass is 477 g/mol. The number of halogens is 2. The van der Waals surface area contributed by atoms with Crippen molar-refractivity contribution in [2.75, 3.05) is 18.5 Å². The number of carbonyl (C=O) groups is 4. The number of nitrogens with one attached hydrogen (secondary N) is 2. The topological polar surface area (TPSA) is 105 Å². The standard InChI is InChI=1S/C25H17F2N3O5/c26-17-6-2-15(3-7-17)25(16-4-8-18(27)9-5-16)23(33)30(24(34)29-25)12-20(31)14-1-10-21-19(11-14)28-22(32)13-35-21/h1-11H,12-13H2,(H,28,32)(H,29,34). The predicted molar refractivity (Wildman–Crippen MR) is 119 cm³/mol. The summed E-state index contributed by atoms with van der Waals surface area (Å²) in [4.78, 5) is 52.0. The Balaban J connectivity index is 1.49. The number of hydrogen-bond donors (Lipinski definition) is 2. The summed E-state index contributed by atoms with van der Waals surface area (Å²) in [6.07, 6.45) is 0. The van der Waals surface area contributed by atoms with E-state index in [0.717, 1.165) is 29.2 Å². The fourth-order valence-electron chi connectivity index (χ4n) is 4.17. The number of carbonyl (C=O) groups excluding carboxylic acids is 4. The van der Waals surface area contributed by atoms with Gasteiger partial charge in [-0.2, -0.15) is 0 Å². The van der Waals surface area contributed by atoms with Gasteiger partial charge in [-0.05, 0) is 53.6 Å². The highest BCUT2D eigenvalue weighted by Gasteiger charge is 2.54. The highest BCUT2D eigenvalue weighted by atomic mass is 19.1. The molecule has 0 saturated carbocycles. The van der Waals surface area contributed by atoms with Crippen molar-refractivity contribution < 1.29 is 32.7 Å². The molecule has 2 aliphatic heterocycles. The third-order valence-corrected chi connectivity index (χ3v) is 5.90. The third-order valence-electron chi connectivity index (χ3n) is 5.90. The zero-order valence-corrected chi connectivity index (χ0v) is 18.0.